The number of methoxy groups -OCH3 is 3. The molecule has 0 saturated heterocycles. The van der Waals surface area contributed by atoms with Crippen molar-refractivity contribution in [3.8, 4) is 5.75 Å². The van der Waals surface area contributed by atoms with E-state index in [1.165, 1.54) is 14.2 Å². The van der Waals surface area contributed by atoms with Crippen molar-refractivity contribution in [1.29, 1.82) is 0 Å². The minimum atomic E-state index is -0.424. The van der Waals surface area contributed by atoms with Gasteiger partial charge in [-0.2, -0.15) is 0 Å². The highest BCUT2D eigenvalue weighted by molar-refractivity contribution is 5.83. The van der Waals surface area contributed by atoms with E-state index in [0.29, 0.717) is 6.54 Å². The molecule has 1 unspecified atom stereocenters. The van der Waals surface area contributed by atoms with Gasteiger partial charge in [0.25, 0.3) is 0 Å². The molecule has 1 rings (SSSR count). The van der Waals surface area contributed by atoms with E-state index in [1.54, 1.807) is 7.11 Å². The summed E-state index contributed by atoms with van der Waals surface area (Å²) in [7, 11) is 4.68. The van der Waals surface area contributed by atoms with Gasteiger partial charge in [-0.15, -0.1) is 0 Å². The normalized spacial score (nSPS) is 12.3. The first kappa shape index (κ1) is 15.5. The first-order valence-electron chi connectivity index (χ1n) is 6.09. The molecule has 1 atom stereocenters. The minimum absolute atomic E-state index is 0.0655. The zero-order valence-corrected chi connectivity index (χ0v) is 11.8. The molecule has 5 nitrogen and oxygen atoms in total. The van der Waals surface area contributed by atoms with Crippen LogP contribution in [0.25, 0.3) is 0 Å². The number of amides is 1. The van der Waals surface area contributed by atoms with Crippen LogP contribution in [-0.2, 0) is 14.3 Å². The van der Waals surface area contributed by atoms with Gasteiger partial charge >= 0.3 is 0 Å². The Hall–Kier alpha value is -1.59. The maximum atomic E-state index is 12.0. The molecule has 0 spiro atoms. The maximum Gasteiger partial charge on any atom is 0.227 e. The summed E-state index contributed by atoms with van der Waals surface area (Å²) in [5, 5.41) is 2.79. The molecular formula is C14H21NO4. The molecule has 1 N–H and O–H groups in total. The SMILES string of the molecule is COc1ccc(C(C)C(=O)NCC(OC)OC)cc1. The number of ether oxygens (including phenoxy) is 3. The molecule has 0 aliphatic heterocycles. The molecule has 5 heteroatoms. The number of benzene rings is 1. The summed E-state index contributed by atoms with van der Waals surface area (Å²) in [5.74, 6) is 0.472. The smallest absolute Gasteiger partial charge is 0.227 e. The minimum Gasteiger partial charge on any atom is -0.497 e. The number of carbonyl (C=O) groups excluding carboxylic acids is 1. The molecular weight excluding hydrogens is 246 g/mol. The Labute approximate surface area is 113 Å². The fourth-order valence-corrected chi connectivity index (χ4v) is 1.64. The molecule has 0 radical (unpaired) electrons. The molecule has 1 aromatic carbocycles. The zero-order chi connectivity index (χ0) is 14.3. The Kier molecular flexibility index (Phi) is 6.32. The van der Waals surface area contributed by atoms with E-state index in [4.69, 9.17) is 14.2 Å². The van der Waals surface area contributed by atoms with Gasteiger partial charge in [-0.3, -0.25) is 4.79 Å². The van der Waals surface area contributed by atoms with Crippen LogP contribution in [0.5, 0.6) is 5.75 Å². The lowest BCUT2D eigenvalue weighted by molar-refractivity contribution is -0.128. The van der Waals surface area contributed by atoms with Gasteiger partial charge in [0.1, 0.15) is 5.75 Å². The van der Waals surface area contributed by atoms with Gasteiger partial charge in [0.05, 0.1) is 19.6 Å². The van der Waals surface area contributed by atoms with E-state index in [-0.39, 0.29) is 11.8 Å². The van der Waals surface area contributed by atoms with E-state index in [1.807, 2.05) is 31.2 Å². The van der Waals surface area contributed by atoms with Crippen LogP contribution in [-0.4, -0.2) is 40.1 Å². The Morgan fingerprint density at radius 1 is 1.16 bits per heavy atom. The molecule has 0 aliphatic rings. The summed E-state index contributed by atoms with van der Waals surface area (Å²) in [4.78, 5) is 12.0. The number of rotatable bonds is 7. The Morgan fingerprint density at radius 2 is 1.74 bits per heavy atom. The monoisotopic (exact) mass is 267 g/mol. The lowest BCUT2D eigenvalue weighted by Gasteiger charge is -2.17. The van der Waals surface area contributed by atoms with Gasteiger partial charge in [0.2, 0.25) is 5.91 Å². The van der Waals surface area contributed by atoms with Crippen molar-refractivity contribution in [3.63, 3.8) is 0 Å². The summed E-state index contributed by atoms with van der Waals surface area (Å²) in [6.45, 7) is 2.18. The van der Waals surface area contributed by atoms with E-state index in [0.717, 1.165) is 11.3 Å². The van der Waals surface area contributed by atoms with Crippen LogP contribution in [0.1, 0.15) is 18.4 Å². The molecule has 106 valence electrons. The highest BCUT2D eigenvalue weighted by Crippen LogP contribution is 2.19. The Morgan fingerprint density at radius 3 is 2.21 bits per heavy atom. The second-order valence-electron chi connectivity index (χ2n) is 4.14. The van der Waals surface area contributed by atoms with Gasteiger partial charge in [0, 0.05) is 14.2 Å². The summed E-state index contributed by atoms with van der Waals surface area (Å²) in [6.07, 6.45) is -0.424. The number of hydrogen-bond donors (Lipinski definition) is 1. The average molecular weight is 267 g/mol. The number of nitrogens with one attached hydrogen (secondary N) is 1. The number of hydrogen-bond acceptors (Lipinski definition) is 4. The topological polar surface area (TPSA) is 56.8 Å². The van der Waals surface area contributed by atoms with Crippen LogP contribution in [0.3, 0.4) is 0 Å². The molecule has 0 heterocycles. The summed E-state index contributed by atoms with van der Waals surface area (Å²) >= 11 is 0. The summed E-state index contributed by atoms with van der Waals surface area (Å²) in [6, 6.07) is 7.44. The average Bonchev–Trinajstić information content (AvgIpc) is 2.47. The van der Waals surface area contributed by atoms with Gasteiger partial charge in [-0.1, -0.05) is 12.1 Å². The van der Waals surface area contributed by atoms with Crippen LogP contribution in [0.15, 0.2) is 24.3 Å². The third-order valence-corrected chi connectivity index (χ3v) is 2.98. The Balaban J connectivity index is 2.55. The van der Waals surface area contributed by atoms with Crippen molar-refractivity contribution in [1.82, 2.24) is 5.32 Å². The molecule has 1 aromatic rings. The fourth-order valence-electron chi connectivity index (χ4n) is 1.64. The third kappa shape index (κ3) is 4.54. The predicted molar refractivity (Wildman–Crippen MR) is 72.2 cm³/mol. The quantitative estimate of drug-likeness (QED) is 0.761. The van der Waals surface area contributed by atoms with Gasteiger partial charge in [0.15, 0.2) is 6.29 Å². The van der Waals surface area contributed by atoms with Crippen molar-refractivity contribution < 1.29 is 19.0 Å². The van der Waals surface area contributed by atoms with E-state index in [9.17, 15) is 4.79 Å². The van der Waals surface area contributed by atoms with Crippen LogP contribution in [0.2, 0.25) is 0 Å². The largest absolute Gasteiger partial charge is 0.497 e. The second kappa shape index (κ2) is 7.76. The van der Waals surface area contributed by atoms with Gasteiger partial charge in [-0.25, -0.2) is 0 Å². The van der Waals surface area contributed by atoms with Crippen LogP contribution in [0.4, 0.5) is 0 Å². The summed E-state index contributed by atoms with van der Waals surface area (Å²) in [5.41, 5.74) is 0.935. The van der Waals surface area contributed by atoms with Crippen molar-refractivity contribution in [3.05, 3.63) is 29.8 Å². The molecule has 0 bridgehead atoms. The number of carbonyl (C=O) groups is 1. The molecule has 1 amide bonds. The van der Waals surface area contributed by atoms with Crippen molar-refractivity contribution in [2.24, 2.45) is 0 Å². The van der Waals surface area contributed by atoms with Crippen LogP contribution < -0.4 is 10.1 Å². The second-order valence-corrected chi connectivity index (χ2v) is 4.14. The van der Waals surface area contributed by atoms with E-state index >= 15 is 0 Å². The van der Waals surface area contributed by atoms with Gasteiger partial charge < -0.3 is 19.5 Å². The molecule has 0 aliphatic carbocycles. The van der Waals surface area contributed by atoms with Crippen molar-refractivity contribution in [2.45, 2.75) is 19.1 Å². The highest BCUT2D eigenvalue weighted by atomic mass is 16.7. The lowest BCUT2D eigenvalue weighted by Crippen LogP contribution is -2.36. The molecule has 0 aromatic heterocycles. The molecule has 19 heavy (non-hydrogen) atoms. The van der Waals surface area contributed by atoms with Crippen molar-refractivity contribution in [2.75, 3.05) is 27.9 Å². The van der Waals surface area contributed by atoms with Gasteiger partial charge in [-0.05, 0) is 24.6 Å². The highest BCUT2D eigenvalue weighted by Gasteiger charge is 2.16. The predicted octanol–water partition coefficient (Wildman–Crippen LogP) is 1.53. The van der Waals surface area contributed by atoms with E-state index in [2.05, 4.69) is 5.32 Å². The third-order valence-electron chi connectivity index (χ3n) is 2.98. The first-order chi connectivity index (χ1) is 9.12. The first-order valence-corrected chi connectivity index (χ1v) is 6.09. The summed E-state index contributed by atoms with van der Waals surface area (Å²) < 4.78 is 15.1. The molecule has 0 fully saturated rings. The Bertz CT molecular complexity index is 387. The van der Waals surface area contributed by atoms with Crippen LogP contribution in [0, 0.1) is 0 Å². The zero-order valence-electron chi connectivity index (χ0n) is 11.8. The van der Waals surface area contributed by atoms with Crippen LogP contribution >= 0.6 is 0 Å². The maximum absolute atomic E-state index is 12.0. The van der Waals surface area contributed by atoms with Crippen molar-refractivity contribution >= 4 is 5.91 Å². The fraction of sp³-hybridized carbons (Fsp3) is 0.500. The van der Waals surface area contributed by atoms with E-state index < -0.39 is 6.29 Å². The molecule has 0 saturated carbocycles. The standard InChI is InChI=1S/C14H21NO4/c1-10(11-5-7-12(17-2)8-6-11)14(16)15-9-13(18-3)19-4/h5-8,10,13H,9H2,1-4H3,(H,15,16). The lowest BCUT2D eigenvalue weighted by atomic mass is 10.0.